The molecule has 212 valence electrons. The van der Waals surface area contributed by atoms with Crippen LogP contribution < -0.4 is 10.5 Å². The quantitative estimate of drug-likeness (QED) is 0.101. The fourth-order valence-electron chi connectivity index (χ4n) is 3.10. The second-order valence-corrected chi connectivity index (χ2v) is 8.10. The Morgan fingerprint density at radius 1 is 1.05 bits per heavy atom. The number of aliphatic hydroxyl groups is 1. The van der Waals surface area contributed by atoms with Crippen molar-refractivity contribution in [1.29, 1.82) is 5.41 Å². The molecule has 0 bridgehead atoms. The lowest BCUT2D eigenvalue weighted by Crippen LogP contribution is -2.33. The van der Waals surface area contributed by atoms with Crippen molar-refractivity contribution in [3.63, 3.8) is 0 Å². The van der Waals surface area contributed by atoms with Crippen molar-refractivity contribution < 1.29 is 46.9 Å². The van der Waals surface area contributed by atoms with E-state index in [1.165, 1.54) is 24.3 Å². The number of hydrogen-bond acceptors (Lipinski definition) is 7. The molecule has 2 aromatic carbocycles. The molecule has 0 radical (unpaired) electrons. The van der Waals surface area contributed by atoms with Gasteiger partial charge >= 0.3 is 18.1 Å². The number of benzene rings is 2. The zero-order valence-corrected chi connectivity index (χ0v) is 21.1. The maximum Gasteiger partial charge on any atom is 0.490 e. The number of rotatable bonds is 9. The van der Waals surface area contributed by atoms with Crippen molar-refractivity contribution in [2.45, 2.75) is 19.6 Å². The lowest BCUT2D eigenvalue weighted by Gasteiger charge is -2.22. The Bertz CT molecular complexity index is 1350. The van der Waals surface area contributed by atoms with E-state index < -0.39 is 18.1 Å². The van der Waals surface area contributed by atoms with Gasteiger partial charge < -0.3 is 30.0 Å². The number of nitrogens with zero attached hydrogens (tertiary/aromatic N) is 1. The molecule has 1 amide bonds. The Kier molecular flexibility index (Phi) is 11.2. The van der Waals surface area contributed by atoms with Crippen molar-refractivity contribution in [1.82, 2.24) is 4.90 Å². The molecular formula is C27H26F3N3O7. The predicted octanol–water partition coefficient (Wildman–Crippen LogP) is 3.84. The number of carbonyl (C=O) groups excluding carboxylic acids is 2. The number of aliphatic carboxylic acids is 1. The van der Waals surface area contributed by atoms with Crippen molar-refractivity contribution in [2.75, 3.05) is 13.2 Å². The van der Waals surface area contributed by atoms with Crippen LogP contribution in [0.5, 0.6) is 5.75 Å². The van der Waals surface area contributed by atoms with Gasteiger partial charge in [-0.1, -0.05) is 30.3 Å². The summed E-state index contributed by atoms with van der Waals surface area (Å²) < 4.78 is 42.5. The molecule has 0 fully saturated rings. The van der Waals surface area contributed by atoms with Gasteiger partial charge in [-0.25, -0.2) is 9.59 Å². The van der Waals surface area contributed by atoms with Crippen LogP contribution >= 0.6 is 0 Å². The summed E-state index contributed by atoms with van der Waals surface area (Å²) in [6, 6.07) is 18.7. The number of nitrogens with one attached hydrogen (secondary N) is 1. The number of halogens is 3. The summed E-state index contributed by atoms with van der Waals surface area (Å²) in [5, 5.41) is 23.9. The second kappa shape index (κ2) is 14.3. The third-order valence-corrected chi connectivity index (χ3v) is 5.02. The molecule has 0 unspecified atom stereocenters. The monoisotopic (exact) mass is 561 g/mol. The average Bonchev–Trinajstić information content (AvgIpc) is 3.37. The van der Waals surface area contributed by atoms with E-state index in [9.17, 15) is 27.9 Å². The van der Waals surface area contributed by atoms with Crippen LogP contribution in [-0.2, 0) is 16.1 Å². The summed E-state index contributed by atoms with van der Waals surface area (Å²) in [6.45, 7) is 2.05. The summed E-state index contributed by atoms with van der Waals surface area (Å²) in [5.74, 6) is -3.20. The highest BCUT2D eigenvalue weighted by molar-refractivity contribution is 5.97. The second-order valence-electron chi connectivity index (χ2n) is 8.10. The number of hydrogen-bond donors (Lipinski definition) is 4. The van der Waals surface area contributed by atoms with Gasteiger partial charge in [-0.15, -0.1) is 0 Å². The van der Waals surface area contributed by atoms with Crippen molar-refractivity contribution in [2.24, 2.45) is 5.73 Å². The molecule has 1 aromatic heterocycles. The predicted molar refractivity (Wildman–Crippen MR) is 137 cm³/mol. The minimum absolute atomic E-state index is 0.0198. The van der Waals surface area contributed by atoms with Gasteiger partial charge in [-0.2, -0.15) is 13.2 Å². The Labute approximate surface area is 226 Å². The molecule has 5 N–H and O–H groups in total. The number of alkyl halides is 3. The van der Waals surface area contributed by atoms with Crippen LogP contribution in [0.2, 0.25) is 0 Å². The normalized spacial score (nSPS) is 11.2. The third-order valence-electron chi connectivity index (χ3n) is 5.02. The van der Waals surface area contributed by atoms with Crippen molar-refractivity contribution in [3.05, 3.63) is 95.0 Å². The molecule has 0 aliphatic heterocycles. The fourth-order valence-corrected chi connectivity index (χ4v) is 3.10. The Morgan fingerprint density at radius 3 is 2.17 bits per heavy atom. The molecule has 10 nitrogen and oxygen atoms in total. The maximum atomic E-state index is 12.9. The van der Waals surface area contributed by atoms with Crippen LogP contribution in [0.4, 0.5) is 13.2 Å². The zero-order valence-electron chi connectivity index (χ0n) is 21.1. The number of ether oxygens (including phenoxy) is 1. The van der Waals surface area contributed by atoms with Gasteiger partial charge in [-0.05, 0) is 55.0 Å². The van der Waals surface area contributed by atoms with E-state index in [4.69, 9.17) is 30.2 Å². The summed E-state index contributed by atoms with van der Waals surface area (Å²) in [6.07, 6.45) is -3.55. The fraction of sp³-hybridized carbons (Fsp3) is 0.185. The number of carboxylic acids is 1. The highest BCUT2D eigenvalue weighted by Crippen LogP contribution is 2.18. The van der Waals surface area contributed by atoms with E-state index in [1.807, 2.05) is 30.3 Å². The number of nitrogen functional groups attached to an aromatic ring is 1. The first-order valence-electron chi connectivity index (χ1n) is 11.5. The average molecular weight is 562 g/mol. The SMILES string of the molecule is C/C(=C\c1ccc(C(=O)Oc2ccc(C(=N)N)cc2)o1)C(=O)N(CCO)Cc1ccccc1.O=C(O)C(F)(F)F. The highest BCUT2D eigenvalue weighted by atomic mass is 19.4. The number of amidine groups is 1. The van der Waals surface area contributed by atoms with Crippen molar-refractivity contribution in [3.8, 4) is 5.75 Å². The topological polar surface area (TPSA) is 167 Å². The first-order chi connectivity index (χ1) is 18.8. The molecule has 0 spiro atoms. The van der Waals surface area contributed by atoms with Crippen LogP contribution in [0.3, 0.4) is 0 Å². The van der Waals surface area contributed by atoms with E-state index in [0.717, 1.165) is 5.56 Å². The summed E-state index contributed by atoms with van der Waals surface area (Å²) >= 11 is 0. The van der Waals surface area contributed by atoms with E-state index >= 15 is 0 Å². The highest BCUT2D eigenvalue weighted by Gasteiger charge is 2.38. The smallest absolute Gasteiger partial charge is 0.475 e. The first kappa shape index (κ1) is 31.3. The first-order valence-corrected chi connectivity index (χ1v) is 11.5. The standard InChI is InChI=1S/C25H25N3O5.C2HF3O2/c1-17(24(30)28(13-14-29)16-18-5-3-2-4-6-18)15-21-11-12-22(32-21)25(31)33-20-9-7-19(8-10-20)23(26)27;3-2(4,5)1(6)7/h2-12,15,29H,13-14,16H2,1H3,(H3,26,27);(H,6,7)/b17-15+;. The Hall–Kier alpha value is -4.91. The lowest BCUT2D eigenvalue weighted by atomic mass is 10.1. The number of amides is 1. The molecule has 13 heteroatoms. The van der Waals surface area contributed by atoms with Crippen LogP contribution in [0.25, 0.3) is 6.08 Å². The maximum absolute atomic E-state index is 12.9. The Balaban J connectivity index is 0.000000708. The van der Waals surface area contributed by atoms with Gasteiger partial charge in [-0.3, -0.25) is 10.2 Å². The molecular weight excluding hydrogens is 535 g/mol. The van der Waals surface area contributed by atoms with Crippen molar-refractivity contribution >= 4 is 29.8 Å². The minimum Gasteiger partial charge on any atom is -0.475 e. The van der Waals surface area contributed by atoms with Gasteiger partial charge in [0.1, 0.15) is 17.3 Å². The van der Waals surface area contributed by atoms with E-state index in [2.05, 4.69) is 0 Å². The lowest BCUT2D eigenvalue weighted by molar-refractivity contribution is -0.192. The molecule has 0 atom stereocenters. The summed E-state index contributed by atoms with van der Waals surface area (Å²) in [5.41, 5.74) is 7.27. The van der Waals surface area contributed by atoms with Gasteiger partial charge in [0, 0.05) is 24.2 Å². The molecule has 0 aliphatic rings. The number of nitrogens with two attached hydrogens (primary N) is 1. The molecule has 3 aromatic rings. The summed E-state index contributed by atoms with van der Waals surface area (Å²) in [4.78, 5) is 35.7. The largest absolute Gasteiger partial charge is 0.490 e. The van der Waals surface area contributed by atoms with Gasteiger partial charge in [0.2, 0.25) is 11.7 Å². The van der Waals surface area contributed by atoms with E-state index in [1.54, 1.807) is 30.0 Å². The summed E-state index contributed by atoms with van der Waals surface area (Å²) in [7, 11) is 0. The Morgan fingerprint density at radius 2 is 1.65 bits per heavy atom. The number of furan rings is 1. The van der Waals surface area contributed by atoms with Crippen LogP contribution in [0.1, 0.15) is 34.4 Å². The minimum atomic E-state index is -5.08. The molecule has 40 heavy (non-hydrogen) atoms. The number of aliphatic hydroxyl groups excluding tert-OH is 1. The molecule has 0 aliphatic carbocycles. The van der Waals surface area contributed by atoms with Gasteiger partial charge in [0.25, 0.3) is 0 Å². The van der Waals surface area contributed by atoms with Crippen LogP contribution in [-0.4, -0.2) is 58.1 Å². The molecule has 3 rings (SSSR count). The van der Waals surface area contributed by atoms with Gasteiger partial charge in [0.05, 0.1) is 6.61 Å². The number of carboxylic acid groups (broad SMARTS) is 1. The van der Waals surface area contributed by atoms with Crippen LogP contribution in [0.15, 0.2) is 76.7 Å². The molecule has 0 saturated carbocycles. The number of esters is 1. The van der Waals surface area contributed by atoms with Crippen LogP contribution in [0, 0.1) is 5.41 Å². The third kappa shape index (κ3) is 9.76. The molecule has 1 heterocycles. The zero-order chi connectivity index (χ0) is 29.9. The van der Waals surface area contributed by atoms with Gasteiger partial charge in [0.15, 0.2) is 0 Å². The van der Waals surface area contributed by atoms with E-state index in [0.29, 0.717) is 23.4 Å². The molecule has 0 saturated heterocycles. The van der Waals surface area contributed by atoms with E-state index in [-0.39, 0.29) is 36.4 Å². The number of carbonyl (C=O) groups is 3.